The molecule has 0 atom stereocenters. The summed E-state index contributed by atoms with van der Waals surface area (Å²) < 4.78 is 6.47. The third-order valence-corrected chi connectivity index (χ3v) is 4.75. The minimum absolute atomic E-state index is 0. The van der Waals surface area contributed by atoms with E-state index in [0.717, 1.165) is 6.42 Å². The predicted octanol–water partition coefficient (Wildman–Crippen LogP) is 0.959. The monoisotopic (exact) mass is 431 g/mol. The van der Waals surface area contributed by atoms with Crippen LogP contribution in [0.4, 0.5) is 0 Å². The Balaban J connectivity index is 0.00000264. The molecule has 23 heavy (non-hydrogen) atoms. The van der Waals surface area contributed by atoms with E-state index in [2.05, 4.69) is 19.2 Å². The smallest absolute Gasteiger partial charge is 0.310 e. The summed E-state index contributed by atoms with van der Waals surface area (Å²) in [5, 5.41) is 0. The van der Waals surface area contributed by atoms with Crippen LogP contribution in [0.25, 0.3) is 0 Å². The van der Waals surface area contributed by atoms with Gasteiger partial charge in [0.15, 0.2) is 0 Å². The SMILES string of the molecule is CCC(=O)Oc1ccc(CCCC[N+]2(C)CCCCC2)cc1.[I-]. The lowest BCUT2D eigenvalue weighted by molar-refractivity contribution is -0.914. The van der Waals surface area contributed by atoms with Crippen LogP contribution < -0.4 is 28.7 Å². The third kappa shape index (κ3) is 7.21. The van der Waals surface area contributed by atoms with Gasteiger partial charge in [0.05, 0.1) is 26.7 Å². The van der Waals surface area contributed by atoms with Gasteiger partial charge in [-0.3, -0.25) is 4.79 Å². The van der Waals surface area contributed by atoms with Crippen LogP contribution in [0.15, 0.2) is 24.3 Å². The molecule has 0 radical (unpaired) electrons. The van der Waals surface area contributed by atoms with Gasteiger partial charge in [-0.15, -0.1) is 0 Å². The molecule has 1 aliphatic heterocycles. The van der Waals surface area contributed by atoms with Crippen molar-refractivity contribution in [2.75, 3.05) is 26.7 Å². The van der Waals surface area contributed by atoms with Gasteiger partial charge in [0.2, 0.25) is 0 Å². The van der Waals surface area contributed by atoms with Gasteiger partial charge in [0, 0.05) is 6.42 Å². The molecule has 0 saturated carbocycles. The van der Waals surface area contributed by atoms with Crippen molar-refractivity contribution in [3.05, 3.63) is 29.8 Å². The van der Waals surface area contributed by atoms with Crippen LogP contribution in [-0.4, -0.2) is 37.1 Å². The van der Waals surface area contributed by atoms with Crippen molar-refractivity contribution in [2.24, 2.45) is 0 Å². The number of nitrogens with zero attached hydrogens (tertiary/aromatic N) is 1. The van der Waals surface area contributed by atoms with E-state index in [9.17, 15) is 4.79 Å². The lowest BCUT2D eigenvalue weighted by Gasteiger charge is -2.37. The summed E-state index contributed by atoms with van der Waals surface area (Å²) in [4.78, 5) is 11.2. The summed E-state index contributed by atoms with van der Waals surface area (Å²) in [6, 6.07) is 7.97. The Hall–Kier alpha value is -0.620. The van der Waals surface area contributed by atoms with E-state index >= 15 is 0 Å². The average molecular weight is 431 g/mol. The minimum atomic E-state index is -0.175. The molecule has 0 N–H and O–H groups in total. The maximum Gasteiger partial charge on any atom is 0.310 e. The molecule has 1 aromatic carbocycles. The number of esters is 1. The molecule has 3 nitrogen and oxygen atoms in total. The Morgan fingerprint density at radius 1 is 1.09 bits per heavy atom. The number of piperidine rings is 1. The Kier molecular flexibility index (Phi) is 9.14. The van der Waals surface area contributed by atoms with Crippen LogP contribution in [0.2, 0.25) is 0 Å². The fourth-order valence-electron chi connectivity index (χ4n) is 3.25. The second-order valence-corrected chi connectivity index (χ2v) is 6.78. The standard InChI is InChI=1S/C19H30NO2.HI/c1-3-19(21)22-18-12-10-17(11-13-18)9-5-8-16-20(2)14-6-4-7-15-20;/h10-13H,3-9,14-16H2,1-2H3;1H/q+1;/p-1. The van der Waals surface area contributed by atoms with Crippen molar-refractivity contribution in [3.8, 4) is 5.75 Å². The number of benzene rings is 1. The fraction of sp³-hybridized carbons (Fsp3) is 0.632. The number of hydrogen-bond acceptors (Lipinski definition) is 2. The number of ether oxygens (including phenoxy) is 1. The molecule has 0 aliphatic carbocycles. The Morgan fingerprint density at radius 3 is 2.35 bits per heavy atom. The number of carbonyl (C=O) groups excluding carboxylic acids is 1. The Morgan fingerprint density at radius 2 is 1.74 bits per heavy atom. The maximum atomic E-state index is 11.2. The van der Waals surface area contributed by atoms with Gasteiger partial charge in [0.1, 0.15) is 5.75 Å². The zero-order valence-corrected chi connectivity index (χ0v) is 16.7. The topological polar surface area (TPSA) is 26.3 Å². The second kappa shape index (κ2) is 10.3. The van der Waals surface area contributed by atoms with Crippen molar-refractivity contribution < 1.29 is 38.0 Å². The van der Waals surface area contributed by atoms with E-state index in [1.165, 1.54) is 61.8 Å². The average Bonchev–Trinajstić information content (AvgIpc) is 2.53. The number of unbranched alkanes of at least 4 members (excludes halogenated alkanes) is 1. The van der Waals surface area contributed by atoms with Crippen LogP contribution in [0, 0.1) is 0 Å². The summed E-state index contributed by atoms with van der Waals surface area (Å²) in [6.45, 7) is 5.84. The van der Waals surface area contributed by atoms with Gasteiger partial charge >= 0.3 is 5.97 Å². The number of rotatable bonds is 7. The molecular weight excluding hydrogens is 401 g/mol. The van der Waals surface area contributed by atoms with E-state index in [-0.39, 0.29) is 29.9 Å². The van der Waals surface area contributed by atoms with E-state index in [0.29, 0.717) is 12.2 Å². The summed E-state index contributed by atoms with van der Waals surface area (Å²) in [5.74, 6) is 0.480. The second-order valence-electron chi connectivity index (χ2n) is 6.78. The lowest BCUT2D eigenvalue weighted by atomic mass is 10.1. The molecular formula is C19H30INO2. The third-order valence-electron chi connectivity index (χ3n) is 4.75. The van der Waals surface area contributed by atoms with Crippen LogP contribution in [0.5, 0.6) is 5.75 Å². The molecule has 0 spiro atoms. The van der Waals surface area contributed by atoms with Crippen molar-refractivity contribution in [3.63, 3.8) is 0 Å². The summed E-state index contributed by atoms with van der Waals surface area (Å²) in [7, 11) is 2.41. The van der Waals surface area contributed by atoms with E-state index in [4.69, 9.17) is 4.74 Å². The van der Waals surface area contributed by atoms with Crippen LogP contribution in [0.1, 0.15) is 51.0 Å². The normalized spacial score (nSPS) is 16.4. The van der Waals surface area contributed by atoms with Gasteiger partial charge in [-0.1, -0.05) is 19.1 Å². The molecule has 1 heterocycles. The van der Waals surface area contributed by atoms with Gasteiger partial charge in [-0.05, 0) is 56.2 Å². The zero-order valence-electron chi connectivity index (χ0n) is 14.5. The Bertz CT molecular complexity index is 467. The van der Waals surface area contributed by atoms with Crippen molar-refractivity contribution in [2.45, 2.75) is 51.9 Å². The molecule has 130 valence electrons. The van der Waals surface area contributed by atoms with Gasteiger partial charge in [0.25, 0.3) is 0 Å². The van der Waals surface area contributed by atoms with E-state index in [1.54, 1.807) is 0 Å². The molecule has 0 aromatic heterocycles. The van der Waals surface area contributed by atoms with E-state index < -0.39 is 0 Å². The van der Waals surface area contributed by atoms with Crippen LogP contribution >= 0.6 is 0 Å². The van der Waals surface area contributed by atoms with Crippen molar-refractivity contribution in [1.29, 1.82) is 0 Å². The first kappa shape index (κ1) is 20.4. The number of hydrogen-bond donors (Lipinski definition) is 0. The fourth-order valence-corrected chi connectivity index (χ4v) is 3.25. The quantitative estimate of drug-likeness (QED) is 0.211. The minimum Gasteiger partial charge on any atom is -1.00 e. The number of likely N-dealkylation sites (tertiary alicyclic amines) is 1. The largest absolute Gasteiger partial charge is 1.00 e. The molecule has 4 heteroatoms. The summed E-state index contributed by atoms with van der Waals surface area (Å²) in [5.41, 5.74) is 1.33. The molecule has 0 unspecified atom stereocenters. The van der Waals surface area contributed by atoms with E-state index in [1.807, 2.05) is 19.1 Å². The van der Waals surface area contributed by atoms with Gasteiger partial charge < -0.3 is 33.2 Å². The predicted molar refractivity (Wildman–Crippen MR) is 89.9 cm³/mol. The molecule has 1 saturated heterocycles. The number of aryl methyl sites for hydroxylation is 1. The highest BCUT2D eigenvalue weighted by Crippen LogP contribution is 2.18. The molecule has 1 fully saturated rings. The summed E-state index contributed by atoms with van der Waals surface area (Å²) >= 11 is 0. The maximum absolute atomic E-state index is 11.2. The Labute approximate surface area is 158 Å². The lowest BCUT2D eigenvalue weighted by Crippen LogP contribution is -3.00. The highest BCUT2D eigenvalue weighted by molar-refractivity contribution is 5.71. The number of halogens is 1. The van der Waals surface area contributed by atoms with Crippen molar-refractivity contribution in [1.82, 2.24) is 0 Å². The van der Waals surface area contributed by atoms with Crippen LogP contribution in [-0.2, 0) is 11.2 Å². The molecule has 0 amide bonds. The first-order valence-corrected chi connectivity index (χ1v) is 8.74. The van der Waals surface area contributed by atoms with Crippen molar-refractivity contribution >= 4 is 5.97 Å². The first-order chi connectivity index (χ1) is 10.6. The first-order valence-electron chi connectivity index (χ1n) is 8.74. The summed E-state index contributed by atoms with van der Waals surface area (Å²) in [6.07, 6.45) is 8.28. The molecule has 1 aromatic rings. The molecule has 1 aliphatic rings. The highest BCUT2D eigenvalue weighted by atomic mass is 127. The molecule has 2 rings (SSSR count). The van der Waals surface area contributed by atoms with Gasteiger partial charge in [-0.2, -0.15) is 0 Å². The number of quaternary nitrogens is 1. The zero-order chi connectivity index (χ0) is 15.8. The highest BCUT2D eigenvalue weighted by Gasteiger charge is 2.23. The number of carbonyl (C=O) groups is 1. The molecule has 0 bridgehead atoms. The van der Waals surface area contributed by atoms with Crippen LogP contribution in [0.3, 0.4) is 0 Å². The van der Waals surface area contributed by atoms with Gasteiger partial charge in [-0.25, -0.2) is 0 Å².